The Morgan fingerprint density at radius 2 is 2.14 bits per heavy atom. The average molecular weight is 384 g/mol. The summed E-state index contributed by atoms with van der Waals surface area (Å²) in [4.78, 5) is 27.0. The van der Waals surface area contributed by atoms with E-state index in [1.165, 1.54) is 19.8 Å². The molecule has 1 saturated heterocycles. The minimum atomic E-state index is -1.10. The number of hydrogen-bond acceptors (Lipinski definition) is 5. The normalized spacial score (nSPS) is 37.1. The number of phenols is 1. The lowest BCUT2D eigenvalue weighted by Crippen LogP contribution is -2.76. The Hall–Kier alpha value is -1.92. The molecule has 0 aromatic heterocycles. The van der Waals surface area contributed by atoms with E-state index in [0.29, 0.717) is 18.8 Å². The molecule has 1 unspecified atom stereocenters. The van der Waals surface area contributed by atoms with Crippen molar-refractivity contribution in [2.75, 3.05) is 13.1 Å². The van der Waals surface area contributed by atoms with Crippen LogP contribution in [0.2, 0.25) is 0 Å². The van der Waals surface area contributed by atoms with Crippen LogP contribution in [0.25, 0.3) is 0 Å². The highest BCUT2D eigenvalue weighted by Gasteiger charge is 2.66. The number of nitrogens with zero attached hydrogens (tertiary/aromatic N) is 1. The lowest BCUT2D eigenvalue weighted by Gasteiger charge is -2.64. The highest BCUT2D eigenvalue weighted by atomic mass is 16.3. The van der Waals surface area contributed by atoms with Crippen molar-refractivity contribution in [2.24, 2.45) is 5.92 Å². The van der Waals surface area contributed by atoms with Crippen molar-refractivity contribution < 1.29 is 19.8 Å². The van der Waals surface area contributed by atoms with Crippen molar-refractivity contribution in [1.82, 2.24) is 10.2 Å². The molecular weight excluding hydrogens is 356 g/mol. The molecule has 28 heavy (non-hydrogen) atoms. The number of aromatic hydroxyl groups is 1. The maximum Gasteiger partial charge on any atom is 0.217 e. The molecule has 2 bridgehead atoms. The second-order valence-corrected chi connectivity index (χ2v) is 9.36. The molecule has 1 aromatic rings. The first-order valence-corrected chi connectivity index (χ1v) is 10.4. The standard InChI is InChI=1S/C22H28N2O4/c1-13(25)23-18-10-22(28)20-8-15-4-5-16(26)9-17(15)21(22,11-19(18)27)6-7-24(20)12-14-2-3-14/h4-5,9,14,18,20,26,28H,2-3,6-8,10-12H2,1H3,(H,23,25)/t18-,20+,21?,22+/m0/s1. The van der Waals surface area contributed by atoms with Gasteiger partial charge in [0.05, 0.1) is 11.6 Å². The summed E-state index contributed by atoms with van der Waals surface area (Å²) in [5.74, 6) is 0.622. The van der Waals surface area contributed by atoms with Gasteiger partial charge in [0.15, 0.2) is 5.78 Å². The summed E-state index contributed by atoms with van der Waals surface area (Å²) in [5, 5.41) is 25.1. The quantitative estimate of drug-likeness (QED) is 0.730. The lowest BCUT2D eigenvalue weighted by molar-refractivity contribution is -0.178. The zero-order valence-corrected chi connectivity index (χ0v) is 16.3. The van der Waals surface area contributed by atoms with Crippen LogP contribution in [0.5, 0.6) is 5.75 Å². The largest absolute Gasteiger partial charge is 0.508 e. The zero-order valence-electron chi connectivity index (χ0n) is 16.3. The number of rotatable bonds is 3. The number of piperidine rings is 1. The van der Waals surface area contributed by atoms with E-state index in [1.807, 2.05) is 6.07 Å². The first kappa shape index (κ1) is 18.1. The fraction of sp³-hybridized carbons (Fsp3) is 0.636. The van der Waals surface area contributed by atoms with Gasteiger partial charge in [-0.2, -0.15) is 0 Å². The van der Waals surface area contributed by atoms with Gasteiger partial charge in [0.2, 0.25) is 5.91 Å². The Bertz CT molecular complexity index is 851. The van der Waals surface area contributed by atoms with E-state index in [0.717, 1.165) is 24.2 Å². The molecule has 3 aliphatic carbocycles. The third-order valence-corrected chi connectivity index (χ3v) is 7.62. The molecule has 150 valence electrons. The second-order valence-electron chi connectivity index (χ2n) is 9.36. The van der Waals surface area contributed by atoms with Crippen LogP contribution in [0.4, 0.5) is 0 Å². The third-order valence-electron chi connectivity index (χ3n) is 7.62. The first-order valence-electron chi connectivity index (χ1n) is 10.4. The lowest BCUT2D eigenvalue weighted by atomic mass is 9.48. The SMILES string of the molecule is CC(=O)N[C@H]1C[C@@]2(O)[C@H]3Cc4ccc(O)cc4C2(CCN3CC2CC2)CC1=O. The van der Waals surface area contributed by atoms with Gasteiger partial charge in [0.1, 0.15) is 5.75 Å². The number of amides is 1. The van der Waals surface area contributed by atoms with Crippen LogP contribution in [0, 0.1) is 5.92 Å². The van der Waals surface area contributed by atoms with Crippen molar-refractivity contribution in [3.05, 3.63) is 29.3 Å². The van der Waals surface area contributed by atoms with E-state index in [2.05, 4.69) is 10.2 Å². The number of aliphatic hydroxyl groups is 1. The summed E-state index contributed by atoms with van der Waals surface area (Å²) in [7, 11) is 0. The van der Waals surface area contributed by atoms with E-state index >= 15 is 0 Å². The molecule has 2 saturated carbocycles. The van der Waals surface area contributed by atoms with Gasteiger partial charge in [0.25, 0.3) is 0 Å². The second kappa shape index (κ2) is 6.04. The van der Waals surface area contributed by atoms with Crippen molar-refractivity contribution in [2.45, 2.75) is 68.5 Å². The number of Topliss-reactive ketones (excluding diaryl/α,β-unsaturated/α-hetero) is 1. The monoisotopic (exact) mass is 384 g/mol. The Balaban J connectivity index is 1.61. The number of nitrogens with one attached hydrogen (secondary N) is 1. The van der Waals surface area contributed by atoms with Crippen molar-refractivity contribution in [3.63, 3.8) is 0 Å². The fourth-order valence-corrected chi connectivity index (χ4v) is 6.13. The molecule has 6 nitrogen and oxygen atoms in total. The molecule has 1 amide bonds. The molecule has 4 atom stereocenters. The number of likely N-dealkylation sites (tertiary alicyclic amines) is 1. The number of hydrogen-bond donors (Lipinski definition) is 3. The van der Waals surface area contributed by atoms with Gasteiger partial charge in [-0.3, -0.25) is 14.5 Å². The number of fused-ring (bicyclic) bond motifs is 1. The third kappa shape index (κ3) is 2.54. The topological polar surface area (TPSA) is 89.9 Å². The summed E-state index contributed by atoms with van der Waals surface area (Å²) in [6.07, 6.45) is 4.36. The highest BCUT2D eigenvalue weighted by molar-refractivity contribution is 5.91. The molecule has 6 heteroatoms. The van der Waals surface area contributed by atoms with Crippen LogP contribution in [0.15, 0.2) is 18.2 Å². The van der Waals surface area contributed by atoms with Gasteiger partial charge in [-0.05, 0) is 61.4 Å². The first-order chi connectivity index (χ1) is 13.3. The molecule has 3 fully saturated rings. The highest BCUT2D eigenvalue weighted by Crippen LogP contribution is 2.58. The Morgan fingerprint density at radius 1 is 1.36 bits per heavy atom. The van der Waals surface area contributed by atoms with Crippen molar-refractivity contribution >= 4 is 11.7 Å². The number of ketones is 1. The van der Waals surface area contributed by atoms with E-state index in [-0.39, 0.29) is 36.3 Å². The number of phenolic OH excluding ortho intramolecular Hbond substituents is 1. The summed E-state index contributed by atoms with van der Waals surface area (Å²) >= 11 is 0. The number of benzene rings is 1. The predicted octanol–water partition coefficient (Wildman–Crippen LogP) is 1.27. The smallest absolute Gasteiger partial charge is 0.217 e. The minimum absolute atomic E-state index is 0.0227. The van der Waals surface area contributed by atoms with Gasteiger partial charge in [-0.25, -0.2) is 0 Å². The minimum Gasteiger partial charge on any atom is -0.508 e. The van der Waals surface area contributed by atoms with E-state index in [1.54, 1.807) is 12.1 Å². The van der Waals surface area contributed by atoms with Crippen LogP contribution < -0.4 is 5.32 Å². The molecular formula is C22H28N2O4. The number of carbonyl (C=O) groups excluding carboxylic acids is 2. The maximum absolute atomic E-state index is 13.0. The summed E-state index contributed by atoms with van der Waals surface area (Å²) in [6.45, 7) is 3.27. The molecule has 1 aliphatic heterocycles. The van der Waals surface area contributed by atoms with Gasteiger partial charge in [0, 0.05) is 37.8 Å². The maximum atomic E-state index is 13.0. The van der Waals surface area contributed by atoms with E-state index in [9.17, 15) is 19.8 Å². The van der Waals surface area contributed by atoms with Gasteiger partial charge >= 0.3 is 0 Å². The van der Waals surface area contributed by atoms with E-state index < -0.39 is 17.1 Å². The van der Waals surface area contributed by atoms with Crippen LogP contribution in [0.3, 0.4) is 0 Å². The van der Waals surface area contributed by atoms with Crippen molar-refractivity contribution in [3.8, 4) is 5.75 Å². The van der Waals surface area contributed by atoms with Crippen molar-refractivity contribution in [1.29, 1.82) is 0 Å². The molecule has 4 aliphatic rings. The molecule has 0 radical (unpaired) electrons. The summed E-state index contributed by atoms with van der Waals surface area (Å²) in [6, 6.07) is 4.69. The Labute approximate surface area is 164 Å². The van der Waals surface area contributed by atoms with Crippen LogP contribution >= 0.6 is 0 Å². The summed E-state index contributed by atoms with van der Waals surface area (Å²) < 4.78 is 0. The Morgan fingerprint density at radius 3 is 2.86 bits per heavy atom. The molecule has 5 rings (SSSR count). The molecule has 3 N–H and O–H groups in total. The van der Waals surface area contributed by atoms with Crippen LogP contribution in [0.1, 0.15) is 50.2 Å². The van der Waals surface area contributed by atoms with E-state index in [4.69, 9.17) is 0 Å². The van der Waals surface area contributed by atoms with Gasteiger partial charge in [-0.15, -0.1) is 0 Å². The molecule has 0 spiro atoms. The Kier molecular flexibility index (Phi) is 3.91. The van der Waals surface area contributed by atoms with Crippen LogP contribution in [-0.2, 0) is 21.4 Å². The molecule has 1 heterocycles. The van der Waals surface area contributed by atoms with Gasteiger partial charge < -0.3 is 15.5 Å². The van der Waals surface area contributed by atoms with Gasteiger partial charge in [-0.1, -0.05) is 6.07 Å². The predicted molar refractivity (Wildman–Crippen MR) is 103 cm³/mol. The molecule has 1 aromatic carbocycles. The fourth-order valence-electron chi connectivity index (χ4n) is 6.13. The summed E-state index contributed by atoms with van der Waals surface area (Å²) in [5.41, 5.74) is 0.267. The van der Waals surface area contributed by atoms with Crippen LogP contribution in [-0.4, -0.2) is 57.6 Å². The average Bonchev–Trinajstić information content (AvgIpc) is 3.43. The number of carbonyl (C=O) groups is 2. The zero-order chi connectivity index (χ0) is 19.7.